The van der Waals surface area contributed by atoms with E-state index in [-0.39, 0.29) is 18.1 Å². The fourth-order valence-corrected chi connectivity index (χ4v) is 2.78. The zero-order valence-corrected chi connectivity index (χ0v) is 11.4. The second kappa shape index (κ2) is 5.47. The van der Waals surface area contributed by atoms with Crippen LogP contribution >= 0.6 is 11.6 Å². The van der Waals surface area contributed by atoms with Crippen LogP contribution < -0.4 is 10.5 Å². The van der Waals surface area contributed by atoms with Crippen LogP contribution in [0.2, 0.25) is 5.02 Å². The second-order valence-corrected chi connectivity index (χ2v) is 5.38. The summed E-state index contributed by atoms with van der Waals surface area (Å²) in [5.41, 5.74) is 7.09. The molecule has 1 aromatic rings. The molecule has 3 N–H and O–H groups in total. The van der Waals surface area contributed by atoms with Crippen LogP contribution in [0.1, 0.15) is 37.8 Å². The summed E-state index contributed by atoms with van der Waals surface area (Å²) < 4.78 is 5.40. The number of ether oxygens (including phenoxy) is 1. The zero-order chi connectivity index (χ0) is 13.2. The lowest BCUT2D eigenvalue weighted by molar-refractivity contribution is 0.0184. The summed E-state index contributed by atoms with van der Waals surface area (Å²) >= 11 is 6.16. The number of aliphatic hydroxyl groups excluding tert-OH is 1. The van der Waals surface area contributed by atoms with Crippen molar-refractivity contribution in [3.63, 3.8) is 0 Å². The predicted molar refractivity (Wildman–Crippen MR) is 72.9 cm³/mol. The molecule has 1 fully saturated rings. The second-order valence-electron chi connectivity index (χ2n) is 4.97. The topological polar surface area (TPSA) is 55.5 Å². The van der Waals surface area contributed by atoms with E-state index in [1.54, 1.807) is 0 Å². The van der Waals surface area contributed by atoms with Gasteiger partial charge in [-0.15, -0.1) is 0 Å². The van der Waals surface area contributed by atoms with Crippen molar-refractivity contribution in [1.82, 2.24) is 0 Å². The average Bonchev–Trinajstić information content (AvgIpc) is 2.31. The van der Waals surface area contributed by atoms with Gasteiger partial charge in [-0.2, -0.15) is 0 Å². The number of hydrogen-bond acceptors (Lipinski definition) is 3. The van der Waals surface area contributed by atoms with Crippen molar-refractivity contribution in [3.05, 3.63) is 28.8 Å². The van der Waals surface area contributed by atoms with Crippen molar-refractivity contribution >= 4 is 11.6 Å². The first-order chi connectivity index (χ1) is 8.63. The van der Waals surface area contributed by atoms with Gasteiger partial charge in [-0.25, -0.2) is 0 Å². The van der Waals surface area contributed by atoms with E-state index in [4.69, 9.17) is 22.1 Å². The standard InChI is InChI=1S/C14H20ClNO2/c1-2-18-12-5-4-10(8-11(12)15)13(16)14(9-17)6-3-7-14/h4-5,8,13,17H,2-3,6-7,9,16H2,1H3. The summed E-state index contributed by atoms with van der Waals surface area (Å²) in [6.07, 6.45) is 3.10. The summed E-state index contributed by atoms with van der Waals surface area (Å²) in [5.74, 6) is 0.682. The van der Waals surface area contributed by atoms with Crippen molar-refractivity contribution in [3.8, 4) is 5.75 Å². The van der Waals surface area contributed by atoms with Gasteiger partial charge in [-0.1, -0.05) is 24.1 Å². The van der Waals surface area contributed by atoms with Crippen LogP contribution in [-0.4, -0.2) is 18.3 Å². The first-order valence-corrected chi connectivity index (χ1v) is 6.79. The Balaban J connectivity index is 2.20. The summed E-state index contributed by atoms with van der Waals surface area (Å²) in [6.45, 7) is 2.65. The number of aliphatic hydroxyl groups is 1. The average molecular weight is 270 g/mol. The molecule has 1 aromatic carbocycles. The minimum atomic E-state index is -0.163. The van der Waals surface area contributed by atoms with Crippen LogP contribution in [0.4, 0.5) is 0 Å². The Hall–Kier alpha value is -0.770. The Labute approximate surface area is 113 Å². The molecule has 0 spiro atoms. The molecular weight excluding hydrogens is 250 g/mol. The number of benzene rings is 1. The lowest BCUT2D eigenvalue weighted by Gasteiger charge is -2.45. The smallest absolute Gasteiger partial charge is 0.137 e. The summed E-state index contributed by atoms with van der Waals surface area (Å²) in [4.78, 5) is 0. The SMILES string of the molecule is CCOc1ccc(C(N)C2(CO)CCC2)cc1Cl. The van der Waals surface area contributed by atoms with Crippen molar-refractivity contribution in [2.45, 2.75) is 32.2 Å². The van der Waals surface area contributed by atoms with Crippen LogP contribution in [0, 0.1) is 5.41 Å². The molecule has 1 atom stereocenters. The molecule has 0 radical (unpaired) electrons. The monoisotopic (exact) mass is 269 g/mol. The van der Waals surface area contributed by atoms with Crippen molar-refractivity contribution in [2.75, 3.05) is 13.2 Å². The maximum Gasteiger partial charge on any atom is 0.137 e. The summed E-state index contributed by atoms with van der Waals surface area (Å²) in [5, 5.41) is 10.1. The molecule has 0 bridgehead atoms. The highest BCUT2D eigenvalue weighted by atomic mass is 35.5. The van der Waals surface area contributed by atoms with E-state index >= 15 is 0 Å². The normalized spacial score (nSPS) is 19.1. The van der Waals surface area contributed by atoms with Crippen molar-refractivity contribution in [1.29, 1.82) is 0 Å². The Morgan fingerprint density at radius 1 is 1.50 bits per heavy atom. The zero-order valence-electron chi connectivity index (χ0n) is 10.7. The molecule has 0 aromatic heterocycles. The highest BCUT2D eigenvalue weighted by molar-refractivity contribution is 6.32. The molecule has 1 aliphatic carbocycles. The lowest BCUT2D eigenvalue weighted by atomic mass is 9.63. The molecule has 1 aliphatic rings. The number of nitrogens with two attached hydrogens (primary N) is 1. The number of hydrogen-bond donors (Lipinski definition) is 2. The molecular formula is C14H20ClNO2. The molecule has 18 heavy (non-hydrogen) atoms. The van der Waals surface area contributed by atoms with E-state index in [9.17, 15) is 5.11 Å². The van der Waals surface area contributed by atoms with E-state index in [0.29, 0.717) is 17.4 Å². The molecule has 100 valence electrons. The van der Waals surface area contributed by atoms with Gasteiger partial charge in [0.15, 0.2) is 0 Å². The maximum atomic E-state index is 9.54. The van der Waals surface area contributed by atoms with Gasteiger partial charge in [-0.3, -0.25) is 0 Å². The Kier molecular flexibility index (Phi) is 4.15. The Morgan fingerprint density at radius 2 is 2.22 bits per heavy atom. The van der Waals surface area contributed by atoms with E-state index in [1.165, 1.54) is 0 Å². The summed E-state index contributed by atoms with van der Waals surface area (Å²) in [6, 6.07) is 5.49. The van der Waals surface area contributed by atoms with Gasteiger partial charge in [0.1, 0.15) is 5.75 Å². The molecule has 4 heteroatoms. The van der Waals surface area contributed by atoms with Gasteiger partial charge < -0.3 is 15.6 Å². The lowest BCUT2D eigenvalue weighted by Crippen LogP contribution is -2.43. The Bertz CT molecular complexity index is 413. The number of rotatable bonds is 5. The van der Waals surface area contributed by atoms with E-state index < -0.39 is 0 Å². The minimum absolute atomic E-state index is 0.138. The van der Waals surface area contributed by atoms with Crippen LogP contribution in [-0.2, 0) is 0 Å². The fraction of sp³-hybridized carbons (Fsp3) is 0.571. The van der Waals surface area contributed by atoms with Gasteiger partial charge in [0, 0.05) is 11.5 Å². The third-order valence-electron chi connectivity index (χ3n) is 3.94. The highest BCUT2D eigenvalue weighted by Crippen LogP contribution is 2.49. The minimum Gasteiger partial charge on any atom is -0.492 e. The van der Waals surface area contributed by atoms with Gasteiger partial charge in [-0.05, 0) is 37.5 Å². The molecule has 0 aliphatic heterocycles. The quantitative estimate of drug-likeness (QED) is 0.864. The first-order valence-electron chi connectivity index (χ1n) is 6.41. The van der Waals surface area contributed by atoms with E-state index in [2.05, 4.69) is 0 Å². The molecule has 0 amide bonds. The van der Waals surface area contributed by atoms with Crippen LogP contribution in [0.25, 0.3) is 0 Å². The molecule has 0 heterocycles. The molecule has 3 nitrogen and oxygen atoms in total. The van der Waals surface area contributed by atoms with Crippen LogP contribution in [0.5, 0.6) is 5.75 Å². The van der Waals surface area contributed by atoms with Crippen LogP contribution in [0.3, 0.4) is 0 Å². The molecule has 0 saturated heterocycles. The van der Waals surface area contributed by atoms with Crippen molar-refractivity contribution < 1.29 is 9.84 Å². The van der Waals surface area contributed by atoms with E-state index in [0.717, 1.165) is 24.8 Å². The fourth-order valence-electron chi connectivity index (χ4n) is 2.54. The van der Waals surface area contributed by atoms with Gasteiger partial charge >= 0.3 is 0 Å². The summed E-state index contributed by atoms with van der Waals surface area (Å²) in [7, 11) is 0. The molecule has 1 saturated carbocycles. The van der Waals surface area contributed by atoms with Gasteiger partial charge in [0.2, 0.25) is 0 Å². The van der Waals surface area contributed by atoms with Gasteiger partial charge in [0.05, 0.1) is 18.2 Å². The van der Waals surface area contributed by atoms with Gasteiger partial charge in [0.25, 0.3) is 0 Å². The van der Waals surface area contributed by atoms with Crippen LogP contribution in [0.15, 0.2) is 18.2 Å². The predicted octanol–water partition coefficient (Wildman–Crippen LogP) is 2.90. The largest absolute Gasteiger partial charge is 0.492 e. The highest BCUT2D eigenvalue weighted by Gasteiger charge is 2.42. The van der Waals surface area contributed by atoms with Crippen molar-refractivity contribution in [2.24, 2.45) is 11.1 Å². The molecule has 1 unspecified atom stereocenters. The maximum absolute atomic E-state index is 9.54. The Morgan fingerprint density at radius 3 is 2.67 bits per heavy atom. The third kappa shape index (κ3) is 2.35. The third-order valence-corrected chi connectivity index (χ3v) is 4.23. The van der Waals surface area contributed by atoms with E-state index in [1.807, 2.05) is 25.1 Å². The number of halogens is 1. The molecule has 2 rings (SSSR count). The first kappa shape index (κ1) is 13.7.